The van der Waals surface area contributed by atoms with Crippen LogP contribution in [0.4, 0.5) is 0 Å². The van der Waals surface area contributed by atoms with Gasteiger partial charge in [-0.3, -0.25) is 19.2 Å². The molecule has 4 aliphatic carbocycles. The number of cyclic esters (lactones) is 2. The molecular formula is C22H28O6. The van der Waals surface area contributed by atoms with Crippen molar-refractivity contribution in [2.45, 2.75) is 64.2 Å². The quantitative estimate of drug-likeness (QED) is 0.593. The topological polar surface area (TPSA) is 86.7 Å². The van der Waals surface area contributed by atoms with Crippen LogP contribution in [0.2, 0.25) is 0 Å². The lowest BCUT2D eigenvalue weighted by atomic mass is 9.46. The number of hydrogen-bond donors (Lipinski definition) is 0. The Morgan fingerprint density at radius 3 is 2.39 bits per heavy atom. The minimum Gasteiger partial charge on any atom is -0.465 e. The van der Waals surface area contributed by atoms with Crippen LogP contribution in [0.25, 0.3) is 0 Å². The van der Waals surface area contributed by atoms with Gasteiger partial charge in [0.1, 0.15) is 11.6 Å². The molecule has 1 aliphatic heterocycles. The van der Waals surface area contributed by atoms with Gasteiger partial charge >= 0.3 is 11.9 Å². The molecule has 0 unspecified atom stereocenters. The summed E-state index contributed by atoms with van der Waals surface area (Å²) in [6, 6.07) is 0. The standard InChI is InChI=1S/C22H28O6/c23-16-3-2-8-22-14(11-15(16)22)6-10-27-19(25)21-7-1-4-17(24)18(21)13(12-21)5-9-28-20(22)26/h13-15,18H,1-12H2/t13-,14+,15-,18-,21+,22+/m1/s1. The highest BCUT2D eigenvalue weighted by Crippen LogP contribution is 2.62. The Labute approximate surface area is 164 Å². The van der Waals surface area contributed by atoms with Crippen LogP contribution in [0.5, 0.6) is 0 Å². The molecule has 0 aromatic heterocycles. The number of Topliss-reactive ketones (excluding diaryl/α,β-unsaturated/α-hetero) is 2. The Balaban J connectivity index is 1.39. The third-order valence-corrected chi connectivity index (χ3v) is 8.57. The Kier molecular flexibility index (Phi) is 4.18. The van der Waals surface area contributed by atoms with Crippen LogP contribution in [0, 0.1) is 34.5 Å². The Bertz CT molecular complexity index is 743. The summed E-state index contributed by atoms with van der Waals surface area (Å²) in [5.74, 6) is -0.490. The van der Waals surface area contributed by atoms with Gasteiger partial charge in [-0.05, 0) is 63.2 Å². The molecule has 1 heterocycles. The molecule has 28 heavy (non-hydrogen) atoms. The third kappa shape index (κ3) is 2.32. The Morgan fingerprint density at radius 1 is 0.821 bits per heavy atom. The van der Waals surface area contributed by atoms with Crippen LogP contribution in [0.3, 0.4) is 0 Å². The molecule has 0 radical (unpaired) electrons. The summed E-state index contributed by atoms with van der Waals surface area (Å²) in [5, 5.41) is 0. The molecule has 6 nitrogen and oxygen atoms in total. The molecule has 152 valence electrons. The summed E-state index contributed by atoms with van der Waals surface area (Å²) in [6.45, 7) is 0.528. The first-order valence-corrected chi connectivity index (χ1v) is 10.9. The molecule has 6 heteroatoms. The largest absolute Gasteiger partial charge is 0.465 e. The van der Waals surface area contributed by atoms with Crippen molar-refractivity contribution >= 4 is 23.5 Å². The fourth-order valence-corrected chi connectivity index (χ4v) is 7.16. The van der Waals surface area contributed by atoms with E-state index < -0.39 is 10.8 Å². The highest BCUT2D eigenvalue weighted by molar-refractivity contribution is 5.93. The number of carbonyl (C=O) groups is 4. The van der Waals surface area contributed by atoms with E-state index in [0.29, 0.717) is 44.9 Å². The van der Waals surface area contributed by atoms with Gasteiger partial charge in [0.2, 0.25) is 0 Å². The van der Waals surface area contributed by atoms with Crippen molar-refractivity contribution in [1.82, 2.24) is 0 Å². The Hall–Kier alpha value is -1.72. The monoisotopic (exact) mass is 388 g/mol. The molecule has 0 aromatic rings. The minimum atomic E-state index is -0.709. The summed E-state index contributed by atoms with van der Waals surface area (Å²) in [5.41, 5.74) is -1.35. The average Bonchev–Trinajstić information content (AvgIpc) is 2.63. The number of ketones is 2. The SMILES string of the molecule is O=C1CCC[C@]23C(=O)OCC[C@@H]4C[C@]5(CCCC(=O)[C@@H]45)C(=O)OCC[C@H]2C[C@H]13. The number of fused-ring (bicyclic) bond motifs is 2. The molecule has 0 amide bonds. The summed E-state index contributed by atoms with van der Waals surface area (Å²) < 4.78 is 11.4. The van der Waals surface area contributed by atoms with Gasteiger partial charge in [0.25, 0.3) is 0 Å². The minimum absolute atomic E-state index is 0.0408. The first kappa shape index (κ1) is 18.3. The van der Waals surface area contributed by atoms with E-state index in [2.05, 4.69) is 0 Å². The fraction of sp³-hybridized carbons (Fsp3) is 0.818. The summed E-state index contributed by atoms with van der Waals surface area (Å²) in [6.07, 6.45) is 6.53. The average molecular weight is 388 g/mol. The van der Waals surface area contributed by atoms with Gasteiger partial charge in [-0.15, -0.1) is 0 Å². The van der Waals surface area contributed by atoms with E-state index in [1.165, 1.54) is 0 Å². The van der Waals surface area contributed by atoms with Gasteiger partial charge in [0, 0.05) is 24.7 Å². The van der Waals surface area contributed by atoms with Gasteiger partial charge in [-0.25, -0.2) is 0 Å². The van der Waals surface area contributed by atoms with Crippen molar-refractivity contribution in [3.8, 4) is 0 Å². The summed E-state index contributed by atoms with van der Waals surface area (Å²) in [4.78, 5) is 50.9. The van der Waals surface area contributed by atoms with Crippen LogP contribution < -0.4 is 0 Å². The van der Waals surface area contributed by atoms with E-state index in [0.717, 1.165) is 19.3 Å². The first-order chi connectivity index (χ1) is 13.5. The number of ether oxygens (including phenoxy) is 2. The number of hydrogen-bond acceptors (Lipinski definition) is 6. The van der Waals surface area contributed by atoms with Crippen LogP contribution in [0.15, 0.2) is 0 Å². The van der Waals surface area contributed by atoms with Crippen LogP contribution >= 0.6 is 0 Å². The van der Waals surface area contributed by atoms with Crippen LogP contribution in [-0.4, -0.2) is 36.7 Å². The molecule has 5 aliphatic rings. The second-order valence-corrected chi connectivity index (χ2v) is 9.61. The maximum atomic E-state index is 13.1. The lowest BCUT2D eigenvalue weighted by molar-refractivity contribution is -0.189. The van der Waals surface area contributed by atoms with Gasteiger partial charge < -0.3 is 9.47 Å². The fourth-order valence-electron chi connectivity index (χ4n) is 7.16. The molecule has 6 atom stereocenters. The molecular weight excluding hydrogens is 360 g/mol. The number of carbonyl (C=O) groups excluding carboxylic acids is 4. The summed E-state index contributed by atoms with van der Waals surface area (Å²) in [7, 11) is 0. The van der Waals surface area contributed by atoms with Gasteiger partial charge in [-0.1, -0.05) is 0 Å². The maximum Gasteiger partial charge on any atom is 0.313 e. The van der Waals surface area contributed by atoms with E-state index in [1.54, 1.807) is 0 Å². The zero-order valence-electron chi connectivity index (χ0n) is 16.2. The highest BCUT2D eigenvalue weighted by atomic mass is 16.5. The van der Waals surface area contributed by atoms with Gasteiger partial charge in [-0.2, -0.15) is 0 Å². The number of esters is 2. The van der Waals surface area contributed by atoms with E-state index in [4.69, 9.17) is 9.47 Å². The molecule has 2 spiro atoms. The lowest BCUT2D eigenvalue weighted by Gasteiger charge is -2.55. The maximum absolute atomic E-state index is 13.1. The van der Waals surface area contributed by atoms with E-state index in [-0.39, 0.29) is 60.4 Å². The zero-order valence-corrected chi connectivity index (χ0v) is 16.2. The normalized spacial score (nSPS) is 46.0. The molecule has 1 saturated heterocycles. The third-order valence-electron chi connectivity index (χ3n) is 8.57. The molecule has 0 N–H and O–H groups in total. The van der Waals surface area contributed by atoms with Crippen molar-refractivity contribution in [1.29, 1.82) is 0 Å². The predicted molar refractivity (Wildman–Crippen MR) is 96.9 cm³/mol. The zero-order chi connectivity index (χ0) is 19.5. The van der Waals surface area contributed by atoms with Gasteiger partial charge in [0.15, 0.2) is 0 Å². The number of rotatable bonds is 0. The molecule has 5 rings (SSSR count). The van der Waals surface area contributed by atoms with E-state index in [1.807, 2.05) is 0 Å². The molecule has 5 fully saturated rings. The van der Waals surface area contributed by atoms with Crippen LogP contribution in [0.1, 0.15) is 64.2 Å². The Morgan fingerprint density at radius 2 is 1.54 bits per heavy atom. The van der Waals surface area contributed by atoms with E-state index >= 15 is 0 Å². The van der Waals surface area contributed by atoms with Crippen molar-refractivity contribution in [2.75, 3.05) is 13.2 Å². The summed E-state index contributed by atoms with van der Waals surface area (Å²) >= 11 is 0. The predicted octanol–water partition coefficient (Wildman–Crippen LogP) is 2.62. The van der Waals surface area contributed by atoms with Crippen molar-refractivity contribution in [2.24, 2.45) is 34.5 Å². The highest BCUT2D eigenvalue weighted by Gasteiger charge is 2.65. The molecule has 2 bridgehead atoms. The van der Waals surface area contributed by atoms with E-state index in [9.17, 15) is 19.2 Å². The molecule has 4 saturated carbocycles. The molecule has 0 aromatic carbocycles. The smallest absolute Gasteiger partial charge is 0.313 e. The van der Waals surface area contributed by atoms with Crippen molar-refractivity contribution < 1.29 is 28.7 Å². The first-order valence-electron chi connectivity index (χ1n) is 10.9. The second kappa shape index (κ2) is 6.39. The van der Waals surface area contributed by atoms with Crippen LogP contribution in [-0.2, 0) is 28.7 Å². The van der Waals surface area contributed by atoms with Crippen molar-refractivity contribution in [3.05, 3.63) is 0 Å². The van der Waals surface area contributed by atoms with Crippen molar-refractivity contribution in [3.63, 3.8) is 0 Å². The lowest BCUT2D eigenvalue weighted by Crippen LogP contribution is -2.60. The second-order valence-electron chi connectivity index (χ2n) is 9.61. The van der Waals surface area contributed by atoms with Gasteiger partial charge in [0.05, 0.1) is 24.0 Å².